The number of anilines is 1. The van der Waals surface area contributed by atoms with E-state index in [0.29, 0.717) is 0 Å². The van der Waals surface area contributed by atoms with Gasteiger partial charge in [0, 0.05) is 19.4 Å². The molecule has 0 aliphatic rings. The summed E-state index contributed by atoms with van der Waals surface area (Å²) in [6, 6.07) is 4.90. The van der Waals surface area contributed by atoms with Crippen LogP contribution in [0, 0.1) is 0 Å². The van der Waals surface area contributed by atoms with Crippen LogP contribution in [0.1, 0.15) is 15.3 Å². The lowest BCUT2D eigenvalue weighted by atomic mass is 10.2. The van der Waals surface area contributed by atoms with Gasteiger partial charge in [0.2, 0.25) is 0 Å². The van der Waals surface area contributed by atoms with Crippen LogP contribution < -0.4 is 10.1 Å². The second-order valence-corrected chi connectivity index (χ2v) is 4.22. The van der Waals surface area contributed by atoms with Crippen molar-refractivity contribution in [3.8, 4) is 5.75 Å². The fourth-order valence-electron chi connectivity index (χ4n) is 1.56. The number of hydrogen-bond acceptors (Lipinski definition) is 6. The van der Waals surface area contributed by atoms with Crippen molar-refractivity contribution in [3.63, 3.8) is 0 Å². The lowest BCUT2D eigenvalue weighted by molar-refractivity contribution is -0.274. The Morgan fingerprint density at radius 2 is 1.75 bits per heavy atom. The van der Waals surface area contributed by atoms with Crippen LogP contribution in [-0.4, -0.2) is 31.5 Å². The minimum Gasteiger partial charge on any atom is -0.462 e. The molecule has 1 aromatic carbocycles. The number of carbonyl (C=O) groups excluding carboxylic acids is 2. The predicted molar refractivity (Wildman–Crippen MR) is 80.2 cm³/mol. The topological polar surface area (TPSA) is 73.9 Å². The van der Waals surface area contributed by atoms with E-state index in [1.807, 2.05) is 0 Å². The third-order valence-corrected chi connectivity index (χ3v) is 2.44. The Kier molecular flexibility index (Phi) is 7.09. The third-order valence-electron chi connectivity index (χ3n) is 2.44. The van der Waals surface area contributed by atoms with Crippen LogP contribution in [0.3, 0.4) is 0 Å². The van der Waals surface area contributed by atoms with E-state index in [2.05, 4.69) is 10.1 Å². The van der Waals surface area contributed by atoms with E-state index >= 15 is 0 Å². The molecule has 134 valence electrons. The Morgan fingerprint density at radius 3 is 2.25 bits per heavy atom. The van der Waals surface area contributed by atoms with Gasteiger partial charge in [-0.15, -0.1) is 13.2 Å². The predicted octanol–water partition coefficient (Wildman–Crippen LogP) is 3.25. The Morgan fingerprint density at radius 1 is 1.17 bits per heavy atom. The molecule has 0 aliphatic carbocycles. The highest BCUT2D eigenvalue weighted by atomic mass is 19.4. The van der Waals surface area contributed by atoms with E-state index in [4.69, 9.17) is 9.47 Å². The first-order valence-electron chi connectivity index (χ1n) is 6.93. The van der Waals surface area contributed by atoms with E-state index in [9.17, 15) is 22.8 Å². The summed E-state index contributed by atoms with van der Waals surface area (Å²) in [6.07, 6.45) is -3.82. The molecule has 0 unspecified atom stereocenters. The summed E-state index contributed by atoms with van der Waals surface area (Å²) in [6.45, 7) is 3.22. The van der Waals surface area contributed by atoms with Crippen LogP contribution in [0.2, 0.25) is 0 Å². The first kappa shape index (κ1) is 19.3. The maximum atomic E-state index is 12.2. The normalized spacial score (nSPS) is 10.5. The molecule has 0 spiro atoms. The first-order valence-corrected chi connectivity index (χ1v) is 6.93. The van der Waals surface area contributed by atoms with Crippen LogP contribution in [0.5, 0.6) is 5.75 Å². The molecule has 1 rings (SSSR count). The van der Waals surface area contributed by atoms with Gasteiger partial charge in [-0.2, -0.15) is 0 Å². The minimum atomic E-state index is -4.82. The molecule has 0 heterocycles. The van der Waals surface area contributed by atoms with Gasteiger partial charge in [-0.25, -0.2) is 9.59 Å². The standard InChI is InChI=1S/C15H16F3NO5.H2/c1-3-22-13(20)12(14(21)23-4-2)9-19-10-6-5-7-11(8-10)24-15(16,17)18;/h5-9,19H,3-4H2,1-2H3;1H. The number of hydrogen-bond donors (Lipinski definition) is 1. The second kappa shape index (κ2) is 8.80. The monoisotopic (exact) mass is 349 g/mol. The summed E-state index contributed by atoms with van der Waals surface area (Å²) < 4.78 is 49.8. The zero-order valence-corrected chi connectivity index (χ0v) is 13.0. The van der Waals surface area contributed by atoms with Crippen LogP contribution in [0.25, 0.3) is 0 Å². The van der Waals surface area contributed by atoms with E-state index in [0.717, 1.165) is 18.3 Å². The van der Waals surface area contributed by atoms with Crippen LogP contribution in [0.4, 0.5) is 18.9 Å². The minimum absolute atomic E-state index is 0. The number of alkyl halides is 3. The molecule has 9 heteroatoms. The van der Waals surface area contributed by atoms with Crippen molar-refractivity contribution in [1.82, 2.24) is 0 Å². The van der Waals surface area contributed by atoms with Crippen molar-refractivity contribution in [2.24, 2.45) is 0 Å². The molecule has 0 atom stereocenters. The van der Waals surface area contributed by atoms with Gasteiger partial charge in [0.05, 0.1) is 13.2 Å². The molecule has 0 aliphatic heterocycles. The van der Waals surface area contributed by atoms with Gasteiger partial charge in [-0.3, -0.25) is 0 Å². The zero-order valence-electron chi connectivity index (χ0n) is 13.0. The number of benzene rings is 1. The highest BCUT2D eigenvalue weighted by Crippen LogP contribution is 2.25. The maximum Gasteiger partial charge on any atom is 0.573 e. The Labute approximate surface area is 137 Å². The average Bonchev–Trinajstić information content (AvgIpc) is 2.46. The van der Waals surface area contributed by atoms with Crippen molar-refractivity contribution in [3.05, 3.63) is 36.0 Å². The molecule has 0 aromatic heterocycles. The molecule has 0 bridgehead atoms. The number of nitrogens with one attached hydrogen (secondary N) is 1. The molecule has 0 amide bonds. The van der Waals surface area contributed by atoms with Crippen molar-refractivity contribution < 1.29 is 38.4 Å². The molecular weight excluding hydrogens is 331 g/mol. The van der Waals surface area contributed by atoms with Crippen LogP contribution >= 0.6 is 0 Å². The van der Waals surface area contributed by atoms with E-state index < -0.39 is 29.6 Å². The molecule has 1 aromatic rings. The molecular formula is C15H18F3NO5. The Hall–Kier alpha value is -2.71. The lowest BCUT2D eigenvalue weighted by Crippen LogP contribution is -2.19. The summed E-state index contributed by atoms with van der Waals surface area (Å²) in [7, 11) is 0. The summed E-state index contributed by atoms with van der Waals surface area (Å²) in [4.78, 5) is 23.5. The molecule has 24 heavy (non-hydrogen) atoms. The number of carbonyl (C=O) groups is 2. The Bertz CT molecular complexity index is 599. The second-order valence-electron chi connectivity index (χ2n) is 4.22. The highest BCUT2D eigenvalue weighted by Gasteiger charge is 2.31. The maximum absolute atomic E-state index is 12.2. The smallest absolute Gasteiger partial charge is 0.462 e. The van der Waals surface area contributed by atoms with Gasteiger partial charge in [0.1, 0.15) is 5.75 Å². The van der Waals surface area contributed by atoms with Crippen LogP contribution in [-0.2, 0) is 19.1 Å². The zero-order chi connectivity index (χ0) is 18.2. The van der Waals surface area contributed by atoms with E-state index in [1.54, 1.807) is 13.8 Å². The average molecular weight is 349 g/mol. The van der Waals surface area contributed by atoms with Crippen molar-refractivity contribution in [2.75, 3.05) is 18.5 Å². The molecule has 0 radical (unpaired) electrons. The van der Waals surface area contributed by atoms with Gasteiger partial charge in [0.25, 0.3) is 0 Å². The summed E-state index contributed by atoms with van der Waals surface area (Å²) >= 11 is 0. The number of halogens is 3. The first-order chi connectivity index (χ1) is 11.3. The van der Waals surface area contributed by atoms with Gasteiger partial charge >= 0.3 is 18.3 Å². The van der Waals surface area contributed by atoms with Gasteiger partial charge < -0.3 is 19.5 Å². The summed E-state index contributed by atoms with van der Waals surface area (Å²) in [5, 5.41) is 2.54. The van der Waals surface area contributed by atoms with Crippen molar-refractivity contribution >= 4 is 17.6 Å². The van der Waals surface area contributed by atoms with E-state index in [-0.39, 0.29) is 20.3 Å². The summed E-state index contributed by atoms with van der Waals surface area (Å²) in [5.41, 5.74) is -0.247. The number of rotatable bonds is 7. The Balaban J connectivity index is 0.00000576. The number of ether oxygens (including phenoxy) is 3. The molecule has 6 nitrogen and oxygen atoms in total. The van der Waals surface area contributed by atoms with E-state index in [1.165, 1.54) is 12.1 Å². The molecule has 0 saturated carbocycles. The van der Waals surface area contributed by atoms with Gasteiger partial charge in [0.15, 0.2) is 5.57 Å². The number of esters is 2. The third kappa shape index (κ3) is 6.59. The quantitative estimate of drug-likeness (QED) is 0.353. The van der Waals surface area contributed by atoms with Crippen LogP contribution in [0.15, 0.2) is 36.0 Å². The van der Waals surface area contributed by atoms with Gasteiger partial charge in [-0.05, 0) is 26.0 Å². The van der Waals surface area contributed by atoms with Crippen molar-refractivity contribution in [2.45, 2.75) is 20.2 Å². The molecule has 1 N–H and O–H groups in total. The highest BCUT2D eigenvalue weighted by molar-refractivity contribution is 6.14. The molecule has 0 fully saturated rings. The SMILES string of the molecule is CCOC(=O)C(=CNc1cccc(OC(F)(F)F)c1)C(=O)OCC.[HH]. The molecule has 0 saturated heterocycles. The lowest BCUT2D eigenvalue weighted by Gasteiger charge is -2.10. The summed E-state index contributed by atoms with van der Waals surface area (Å²) in [5.74, 6) is -2.27. The fraction of sp³-hybridized carbons (Fsp3) is 0.333. The van der Waals surface area contributed by atoms with Gasteiger partial charge in [-0.1, -0.05) is 6.07 Å². The largest absolute Gasteiger partial charge is 0.573 e. The fourth-order valence-corrected chi connectivity index (χ4v) is 1.56. The van der Waals surface area contributed by atoms with Crippen molar-refractivity contribution in [1.29, 1.82) is 0 Å².